The van der Waals surface area contributed by atoms with Crippen LogP contribution in [0.25, 0.3) is 10.9 Å². The normalized spacial score (nSPS) is 20.3. The van der Waals surface area contributed by atoms with E-state index in [2.05, 4.69) is 15.3 Å². The fourth-order valence-electron chi connectivity index (χ4n) is 4.48. The fourth-order valence-corrected chi connectivity index (χ4v) is 4.48. The van der Waals surface area contributed by atoms with E-state index in [-0.39, 0.29) is 23.6 Å². The topological polar surface area (TPSA) is 58.1 Å². The predicted octanol–water partition coefficient (Wildman–Crippen LogP) is 5.08. The van der Waals surface area contributed by atoms with Gasteiger partial charge in [-0.05, 0) is 55.2 Å². The van der Waals surface area contributed by atoms with Crippen molar-refractivity contribution in [3.05, 3.63) is 65.4 Å². The number of fused-ring (bicyclic) bond motifs is 5. The summed E-state index contributed by atoms with van der Waals surface area (Å²) in [5.41, 5.74) is 1.05. The number of alkyl halides is 3. The van der Waals surface area contributed by atoms with Crippen LogP contribution in [0.15, 0.2) is 42.6 Å². The van der Waals surface area contributed by atoms with Crippen LogP contribution in [0.5, 0.6) is 0 Å². The highest BCUT2D eigenvalue weighted by atomic mass is 19.4. The number of nitrogens with zero attached hydrogens (tertiary/aromatic N) is 3. The molecule has 2 amide bonds. The van der Waals surface area contributed by atoms with Crippen molar-refractivity contribution in [1.29, 1.82) is 0 Å². The highest BCUT2D eigenvalue weighted by Gasteiger charge is 2.43. The molecule has 0 spiro atoms. The number of hydrogen-bond donors (Lipinski definition) is 1. The molecule has 0 saturated carbocycles. The Bertz CT molecular complexity index is 1160. The highest BCUT2D eigenvalue weighted by molar-refractivity contribution is 5.93. The molecule has 2 aromatic heterocycles. The Labute approximate surface area is 168 Å². The van der Waals surface area contributed by atoms with Crippen molar-refractivity contribution < 1.29 is 22.4 Å². The van der Waals surface area contributed by atoms with Gasteiger partial charge in [-0.25, -0.2) is 14.8 Å². The molecule has 2 aliphatic rings. The molecule has 154 valence electrons. The third-order valence-corrected chi connectivity index (χ3v) is 5.81. The van der Waals surface area contributed by atoms with Crippen LogP contribution >= 0.6 is 0 Å². The number of benzene rings is 1. The SMILES string of the molecule is O=C(Nc1ccc2nc(C(F)(F)F)ccc2c1)N1[C@H]2CC[C@@H]1c1ccnc(F)c1C2. The van der Waals surface area contributed by atoms with Gasteiger partial charge in [0.05, 0.1) is 11.6 Å². The number of carbonyl (C=O) groups is 1. The van der Waals surface area contributed by atoms with Crippen LogP contribution in [0, 0.1) is 5.95 Å². The molecule has 2 aliphatic heterocycles. The van der Waals surface area contributed by atoms with Gasteiger partial charge in [-0.2, -0.15) is 17.6 Å². The van der Waals surface area contributed by atoms with E-state index in [9.17, 15) is 22.4 Å². The second-order valence-corrected chi connectivity index (χ2v) is 7.56. The average Bonchev–Trinajstić information content (AvgIpc) is 3.03. The number of aromatic nitrogens is 2. The lowest BCUT2D eigenvalue weighted by Crippen LogP contribution is -2.44. The molecule has 2 atom stereocenters. The van der Waals surface area contributed by atoms with Gasteiger partial charge in [0.25, 0.3) is 0 Å². The Balaban J connectivity index is 1.40. The molecule has 0 radical (unpaired) electrons. The molecule has 1 saturated heterocycles. The largest absolute Gasteiger partial charge is 0.433 e. The van der Waals surface area contributed by atoms with E-state index >= 15 is 0 Å². The molecule has 30 heavy (non-hydrogen) atoms. The lowest BCUT2D eigenvalue weighted by molar-refractivity contribution is -0.140. The number of carbonyl (C=O) groups excluding carboxylic acids is 1. The van der Waals surface area contributed by atoms with E-state index in [1.807, 2.05) is 0 Å². The standard InChI is InChI=1S/C21H16F4N4O/c22-19-15-10-13-3-5-17(14(15)7-8-26-19)29(13)20(30)27-12-2-4-16-11(9-12)1-6-18(28-16)21(23,24)25/h1-2,4,6-9,13,17H,3,5,10H2,(H,27,30)/t13-,17+/m0/s1. The molecule has 5 nitrogen and oxygen atoms in total. The van der Waals surface area contributed by atoms with Crippen molar-refractivity contribution in [1.82, 2.24) is 14.9 Å². The summed E-state index contributed by atoms with van der Waals surface area (Å²) < 4.78 is 52.6. The van der Waals surface area contributed by atoms with Crippen LogP contribution in [0.1, 0.15) is 35.7 Å². The van der Waals surface area contributed by atoms with Crippen molar-refractivity contribution in [2.45, 2.75) is 37.5 Å². The van der Waals surface area contributed by atoms with Crippen LogP contribution in [0.3, 0.4) is 0 Å². The summed E-state index contributed by atoms with van der Waals surface area (Å²) in [6.45, 7) is 0. The summed E-state index contributed by atoms with van der Waals surface area (Å²) in [4.78, 5) is 22.1. The minimum atomic E-state index is -4.51. The Hall–Kier alpha value is -3.23. The molecule has 3 aromatic rings. The Kier molecular flexibility index (Phi) is 4.16. The van der Waals surface area contributed by atoms with E-state index in [1.165, 1.54) is 24.4 Å². The van der Waals surface area contributed by atoms with Gasteiger partial charge in [0, 0.05) is 28.9 Å². The first kappa shape index (κ1) is 18.8. The van der Waals surface area contributed by atoms with E-state index in [0.717, 1.165) is 24.5 Å². The van der Waals surface area contributed by atoms with Gasteiger partial charge in [0.1, 0.15) is 5.69 Å². The molecule has 1 fully saturated rings. The van der Waals surface area contributed by atoms with Crippen molar-refractivity contribution >= 4 is 22.6 Å². The summed E-state index contributed by atoms with van der Waals surface area (Å²) in [6.07, 6.45) is -1.17. The minimum Gasteiger partial charge on any atom is -0.314 e. The predicted molar refractivity (Wildman–Crippen MR) is 101 cm³/mol. The molecule has 5 rings (SSSR count). The minimum absolute atomic E-state index is 0.113. The Morgan fingerprint density at radius 2 is 1.97 bits per heavy atom. The molecule has 4 heterocycles. The number of halogens is 4. The Morgan fingerprint density at radius 1 is 1.13 bits per heavy atom. The number of amides is 2. The third kappa shape index (κ3) is 3.05. The summed E-state index contributed by atoms with van der Waals surface area (Å²) >= 11 is 0. The van der Waals surface area contributed by atoms with Gasteiger partial charge in [0.2, 0.25) is 5.95 Å². The van der Waals surface area contributed by atoms with Crippen LogP contribution in [0.2, 0.25) is 0 Å². The number of rotatable bonds is 1. The summed E-state index contributed by atoms with van der Waals surface area (Å²) in [6, 6.07) is 7.91. The highest BCUT2D eigenvalue weighted by Crippen LogP contribution is 2.44. The third-order valence-electron chi connectivity index (χ3n) is 5.81. The molecular formula is C21H16F4N4O. The van der Waals surface area contributed by atoms with Gasteiger partial charge < -0.3 is 10.2 Å². The van der Waals surface area contributed by atoms with Crippen molar-refractivity contribution in [2.75, 3.05) is 5.32 Å². The first-order valence-corrected chi connectivity index (χ1v) is 9.52. The number of hydrogen-bond acceptors (Lipinski definition) is 3. The molecule has 2 bridgehead atoms. The number of pyridine rings is 2. The lowest BCUT2D eigenvalue weighted by Gasteiger charge is -2.36. The number of urea groups is 1. The number of anilines is 1. The van der Waals surface area contributed by atoms with Gasteiger partial charge >= 0.3 is 12.2 Å². The van der Waals surface area contributed by atoms with Gasteiger partial charge in [-0.1, -0.05) is 6.07 Å². The number of nitrogens with one attached hydrogen (secondary N) is 1. The average molecular weight is 416 g/mol. The van der Waals surface area contributed by atoms with Crippen molar-refractivity contribution in [3.8, 4) is 0 Å². The zero-order valence-corrected chi connectivity index (χ0v) is 15.6. The van der Waals surface area contributed by atoms with E-state index in [4.69, 9.17) is 0 Å². The fraction of sp³-hybridized carbons (Fsp3) is 0.286. The van der Waals surface area contributed by atoms with Crippen molar-refractivity contribution in [3.63, 3.8) is 0 Å². The lowest BCUT2D eigenvalue weighted by atomic mass is 9.95. The van der Waals surface area contributed by atoms with Crippen molar-refractivity contribution in [2.24, 2.45) is 0 Å². The maximum atomic E-state index is 14.1. The van der Waals surface area contributed by atoms with Crippen LogP contribution in [0.4, 0.5) is 28.0 Å². The molecule has 9 heteroatoms. The van der Waals surface area contributed by atoms with E-state index in [1.54, 1.807) is 17.0 Å². The Morgan fingerprint density at radius 3 is 2.77 bits per heavy atom. The van der Waals surface area contributed by atoms with E-state index in [0.29, 0.717) is 23.1 Å². The molecule has 0 aliphatic carbocycles. The zero-order valence-electron chi connectivity index (χ0n) is 15.6. The summed E-state index contributed by atoms with van der Waals surface area (Å²) in [7, 11) is 0. The first-order valence-electron chi connectivity index (χ1n) is 9.52. The molecular weight excluding hydrogens is 400 g/mol. The summed E-state index contributed by atoms with van der Waals surface area (Å²) in [5.74, 6) is -0.482. The first-order chi connectivity index (χ1) is 14.3. The summed E-state index contributed by atoms with van der Waals surface area (Å²) in [5, 5.41) is 3.31. The molecule has 1 aromatic carbocycles. The maximum absolute atomic E-state index is 14.1. The van der Waals surface area contributed by atoms with Gasteiger partial charge in [0.15, 0.2) is 0 Å². The van der Waals surface area contributed by atoms with E-state index < -0.39 is 17.8 Å². The van der Waals surface area contributed by atoms with Gasteiger partial charge in [-0.3, -0.25) is 0 Å². The van der Waals surface area contributed by atoms with Gasteiger partial charge in [-0.15, -0.1) is 0 Å². The van der Waals surface area contributed by atoms with Crippen LogP contribution < -0.4 is 5.32 Å². The quantitative estimate of drug-likeness (QED) is 0.445. The van der Waals surface area contributed by atoms with Crippen LogP contribution in [-0.2, 0) is 12.6 Å². The second kappa shape index (κ2) is 6.65. The zero-order chi connectivity index (χ0) is 21.0. The molecule has 1 N–H and O–H groups in total. The second-order valence-electron chi connectivity index (χ2n) is 7.56. The monoisotopic (exact) mass is 416 g/mol. The van der Waals surface area contributed by atoms with Crippen LogP contribution in [-0.4, -0.2) is 26.9 Å². The smallest absolute Gasteiger partial charge is 0.314 e. The molecule has 0 unspecified atom stereocenters. The maximum Gasteiger partial charge on any atom is 0.433 e.